The van der Waals surface area contributed by atoms with E-state index in [0.717, 1.165) is 18.6 Å². The van der Waals surface area contributed by atoms with Gasteiger partial charge >= 0.3 is 0 Å². The van der Waals surface area contributed by atoms with Crippen molar-refractivity contribution in [2.75, 3.05) is 0 Å². The third-order valence-electron chi connectivity index (χ3n) is 2.98. The molecule has 2 N–H and O–H groups in total. The first-order valence-corrected chi connectivity index (χ1v) is 5.33. The lowest BCUT2D eigenvalue weighted by Gasteiger charge is -2.08. The Morgan fingerprint density at radius 2 is 2.29 bits per heavy atom. The molecule has 0 aromatic carbocycles. The Morgan fingerprint density at radius 1 is 1.57 bits per heavy atom. The zero-order valence-corrected chi connectivity index (χ0v) is 8.92. The van der Waals surface area contributed by atoms with Gasteiger partial charge in [-0.1, -0.05) is 19.0 Å². The number of hydrogen-bond donors (Lipinski definition) is 1. The van der Waals surface area contributed by atoms with E-state index in [9.17, 15) is 0 Å². The van der Waals surface area contributed by atoms with Crippen LogP contribution in [-0.2, 0) is 6.42 Å². The molecule has 3 nitrogen and oxygen atoms in total. The topological polar surface area (TPSA) is 52.0 Å². The van der Waals surface area contributed by atoms with Gasteiger partial charge in [0.05, 0.1) is 6.20 Å². The summed E-state index contributed by atoms with van der Waals surface area (Å²) < 4.78 is 5.22. The van der Waals surface area contributed by atoms with Crippen molar-refractivity contribution in [3.8, 4) is 0 Å². The fourth-order valence-corrected chi connectivity index (χ4v) is 1.73. The number of nitrogens with two attached hydrogens (primary N) is 1. The minimum absolute atomic E-state index is 0.130. The van der Waals surface area contributed by atoms with Crippen LogP contribution in [0.4, 0.5) is 0 Å². The SMILES string of the molecule is CC(C)c1oncc1CCC1(N)CC1. The average molecular weight is 194 g/mol. The highest BCUT2D eigenvalue weighted by atomic mass is 16.5. The number of nitrogens with zero attached hydrogens (tertiary/aromatic N) is 1. The Hall–Kier alpha value is -0.830. The fraction of sp³-hybridized carbons (Fsp3) is 0.727. The Kier molecular flexibility index (Phi) is 2.35. The third kappa shape index (κ3) is 1.98. The van der Waals surface area contributed by atoms with E-state index in [-0.39, 0.29) is 5.54 Å². The van der Waals surface area contributed by atoms with Gasteiger partial charge in [0.2, 0.25) is 0 Å². The molecule has 1 aromatic heterocycles. The van der Waals surface area contributed by atoms with Gasteiger partial charge < -0.3 is 10.3 Å². The first-order chi connectivity index (χ1) is 6.61. The minimum atomic E-state index is 0.130. The van der Waals surface area contributed by atoms with Crippen molar-refractivity contribution < 1.29 is 4.52 Å². The highest BCUT2D eigenvalue weighted by Crippen LogP contribution is 2.37. The summed E-state index contributed by atoms with van der Waals surface area (Å²) in [5, 5.41) is 3.85. The van der Waals surface area contributed by atoms with Crippen molar-refractivity contribution >= 4 is 0 Å². The monoisotopic (exact) mass is 194 g/mol. The normalized spacial score (nSPS) is 18.9. The molecule has 0 amide bonds. The first kappa shape index (κ1) is 9.71. The third-order valence-corrected chi connectivity index (χ3v) is 2.98. The van der Waals surface area contributed by atoms with Crippen LogP contribution in [0.15, 0.2) is 10.7 Å². The van der Waals surface area contributed by atoms with Gasteiger partial charge in [-0.05, 0) is 25.7 Å². The Labute approximate surface area is 84.7 Å². The van der Waals surface area contributed by atoms with Gasteiger partial charge in [-0.15, -0.1) is 0 Å². The van der Waals surface area contributed by atoms with Gasteiger partial charge in [0.25, 0.3) is 0 Å². The molecule has 0 aliphatic heterocycles. The summed E-state index contributed by atoms with van der Waals surface area (Å²) in [6, 6.07) is 0. The molecule has 0 saturated heterocycles. The Bertz CT molecular complexity index is 313. The lowest BCUT2D eigenvalue weighted by molar-refractivity contribution is 0.369. The van der Waals surface area contributed by atoms with Crippen molar-refractivity contribution in [1.82, 2.24) is 5.16 Å². The van der Waals surface area contributed by atoms with Crippen LogP contribution >= 0.6 is 0 Å². The van der Waals surface area contributed by atoms with Gasteiger partial charge in [-0.2, -0.15) is 0 Å². The van der Waals surface area contributed by atoms with Gasteiger partial charge in [0.1, 0.15) is 5.76 Å². The predicted octanol–water partition coefficient (Wildman–Crippen LogP) is 2.22. The molecule has 3 heteroatoms. The molecule has 1 fully saturated rings. The van der Waals surface area contributed by atoms with E-state index in [1.807, 2.05) is 6.20 Å². The predicted molar refractivity (Wildman–Crippen MR) is 55.1 cm³/mol. The van der Waals surface area contributed by atoms with Crippen molar-refractivity contribution in [3.63, 3.8) is 0 Å². The van der Waals surface area contributed by atoms with E-state index in [1.54, 1.807) is 0 Å². The summed E-state index contributed by atoms with van der Waals surface area (Å²) in [7, 11) is 0. The summed E-state index contributed by atoms with van der Waals surface area (Å²) in [4.78, 5) is 0. The van der Waals surface area contributed by atoms with Gasteiger partial charge in [0, 0.05) is 17.0 Å². The molecular weight excluding hydrogens is 176 g/mol. The molecule has 1 heterocycles. The van der Waals surface area contributed by atoms with Crippen LogP contribution in [-0.4, -0.2) is 10.7 Å². The van der Waals surface area contributed by atoms with Gasteiger partial charge in [-0.25, -0.2) is 0 Å². The van der Waals surface area contributed by atoms with Crippen LogP contribution in [0, 0.1) is 0 Å². The summed E-state index contributed by atoms with van der Waals surface area (Å²) in [6.07, 6.45) is 6.26. The van der Waals surface area contributed by atoms with Crippen molar-refractivity contribution in [3.05, 3.63) is 17.5 Å². The maximum absolute atomic E-state index is 6.04. The standard InChI is InChI=1S/C11H18N2O/c1-8(2)10-9(7-13-14-10)3-4-11(12)5-6-11/h7-8H,3-6,12H2,1-2H3. The molecule has 0 unspecified atom stereocenters. The van der Waals surface area contributed by atoms with Gasteiger partial charge in [0.15, 0.2) is 0 Å². The van der Waals surface area contributed by atoms with Crippen LogP contribution in [0.25, 0.3) is 0 Å². The van der Waals surface area contributed by atoms with Crippen molar-refractivity contribution in [2.24, 2.45) is 5.73 Å². The Morgan fingerprint density at radius 3 is 2.86 bits per heavy atom. The lowest BCUT2D eigenvalue weighted by Crippen LogP contribution is -2.22. The van der Waals surface area contributed by atoms with Crippen molar-refractivity contribution in [2.45, 2.75) is 51.0 Å². The quantitative estimate of drug-likeness (QED) is 0.799. The average Bonchev–Trinajstić information content (AvgIpc) is 2.68. The summed E-state index contributed by atoms with van der Waals surface area (Å²) in [5.41, 5.74) is 7.40. The molecule has 0 radical (unpaired) electrons. The summed E-state index contributed by atoms with van der Waals surface area (Å²) in [6.45, 7) is 4.25. The van der Waals surface area contributed by atoms with E-state index in [1.165, 1.54) is 18.4 Å². The lowest BCUT2D eigenvalue weighted by atomic mass is 10.0. The van der Waals surface area contributed by atoms with E-state index >= 15 is 0 Å². The minimum Gasteiger partial charge on any atom is -0.361 e. The second-order valence-electron chi connectivity index (χ2n) is 4.73. The first-order valence-electron chi connectivity index (χ1n) is 5.33. The van der Waals surface area contributed by atoms with Crippen LogP contribution < -0.4 is 5.73 Å². The molecule has 14 heavy (non-hydrogen) atoms. The number of aryl methyl sites for hydroxylation is 1. The molecule has 1 aromatic rings. The molecule has 1 aliphatic carbocycles. The maximum Gasteiger partial charge on any atom is 0.142 e. The zero-order valence-electron chi connectivity index (χ0n) is 8.92. The molecule has 2 rings (SSSR count). The molecule has 0 bridgehead atoms. The zero-order chi connectivity index (χ0) is 10.2. The fourth-order valence-electron chi connectivity index (χ4n) is 1.73. The van der Waals surface area contributed by atoms with Gasteiger partial charge in [-0.3, -0.25) is 0 Å². The molecule has 0 spiro atoms. The summed E-state index contributed by atoms with van der Waals surface area (Å²) in [5.74, 6) is 1.44. The van der Waals surface area contributed by atoms with E-state index < -0.39 is 0 Å². The second-order valence-corrected chi connectivity index (χ2v) is 4.73. The molecular formula is C11H18N2O. The molecule has 1 saturated carbocycles. The van der Waals surface area contributed by atoms with Crippen LogP contribution in [0.3, 0.4) is 0 Å². The van der Waals surface area contributed by atoms with E-state index in [2.05, 4.69) is 19.0 Å². The van der Waals surface area contributed by atoms with Crippen LogP contribution in [0.2, 0.25) is 0 Å². The number of rotatable bonds is 4. The maximum atomic E-state index is 6.04. The molecule has 78 valence electrons. The summed E-state index contributed by atoms with van der Waals surface area (Å²) >= 11 is 0. The highest BCUT2D eigenvalue weighted by molar-refractivity contribution is 5.18. The smallest absolute Gasteiger partial charge is 0.142 e. The second kappa shape index (κ2) is 3.39. The van der Waals surface area contributed by atoms with Crippen molar-refractivity contribution in [1.29, 1.82) is 0 Å². The molecule has 1 aliphatic rings. The molecule has 0 atom stereocenters. The van der Waals surface area contributed by atoms with E-state index in [0.29, 0.717) is 5.92 Å². The van der Waals surface area contributed by atoms with Crippen LogP contribution in [0.1, 0.15) is 50.4 Å². The Balaban J connectivity index is 1.98. The largest absolute Gasteiger partial charge is 0.361 e. The number of hydrogen-bond acceptors (Lipinski definition) is 3. The van der Waals surface area contributed by atoms with Crippen LogP contribution in [0.5, 0.6) is 0 Å². The highest BCUT2D eigenvalue weighted by Gasteiger charge is 2.37. The number of aromatic nitrogens is 1. The van der Waals surface area contributed by atoms with E-state index in [4.69, 9.17) is 10.3 Å².